The number of hydrogen-bond donors (Lipinski definition) is 1. The van der Waals surface area contributed by atoms with Crippen LogP contribution in [0.3, 0.4) is 0 Å². The third-order valence-corrected chi connectivity index (χ3v) is 3.99. The summed E-state index contributed by atoms with van der Waals surface area (Å²) in [6.07, 6.45) is 5.08. The van der Waals surface area contributed by atoms with Gasteiger partial charge in [0.05, 0.1) is 11.3 Å². The van der Waals surface area contributed by atoms with Crippen molar-refractivity contribution in [1.82, 2.24) is 0 Å². The highest BCUT2D eigenvalue weighted by Gasteiger charge is 2.20. The fraction of sp³-hybridized carbons (Fsp3) is 0.357. The molecule has 0 saturated carbocycles. The molecule has 0 atom stereocenters. The largest absolute Gasteiger partial charge is 0.478 e. The zero-order chi connectivity index (χ0) is 13.1. The van der Waals surface area contributed by atoms with E-state index in [-0.39, 0.29) is 0 Å². The van der Waals surface area contributed by atoms with Crippen LogP contribution in [0.4, 0.5) is 5.69 Å². The van der Waals surface area contributed by atoms with Gasteiger partial charge >= 0.3 is 5.97 Å². The number of nitrogens with zero attached hydrogens (tertiary/aromatic N) is 1. The molecule has 0 radical (unpaired) electrons. The van der Waals surface area contributed by atoms with Crippen LogP contribution < -0.4 is 4.90 Å². The van der Waals surface area contributed by atoms with Crippen molar-refractivity contribution in [2.75, 3.05) is 24.2 Å². The Bertz CT molecular complexity index is 497. The molecule has 2 rings (SSSR count). The van der Waals surface area contributed by atoms with Crippen LogP contribution in [-0.2, 0) is 0 Å². The van der Waals surface area contributed by atoms with Gasteiger partial charge in [0.2, 0.25) is 0 Å². The summed E-state index contributed by atoms with van der Waals surface area (Å²) in [5, 5.41) is 9.40. The zero-order valence-corrected chi connectivity index (χ0v) is 11.5. The van der Waals surface area contributed by atoms with E-state index in [1.807, 2.05) is 24.5 Å². The van der Waals surface area contributed by atoms with Crippen molar-refractivity contribution >= 4 is 23.4 Å². The Kier molecular flexibility index (Phi) is 3.97. The average molecular weight is 263 g/mol. The van der Waals surface area contributed by atoms with E-state index in [0.717, 1.165) is 30.1 Å². The Morgan fingerprint density at radius 3 is 2.78 bits per heavy atom. The fourth-order valence-electron chi connectivity index (χ4n) is 2.16. The number of benzene rings is 1. The molecule has 0 amide bonds. The Morgan fingerprint density at radius 1 is 1.44 bits per heavy atom. The maximum Gasteiger partial charge on any atom is 0.338 e. The lowest BCUT2D eigenvalue weighted by Crippen LogP contribution is -2.29. The second-order valence-electron chi connectivity index (χ2n) is 4.41. The second-order valence-corrected chi connectivity index (χ2v) is 5.25. The van der Waals surface area contributed by atoms with E-state index >= 15 is 0 Å². The topological polar surface area (TPSA) is 40.5 Å². The minimum absolute atomic E-state index is 0.429. The number of hydrogen-bond acceptors (Lipinski definition) is 3. The summed E-state index contributed by atoms with van der Waals surface area (Å²) in [5.74, 6) is -0.846. The summed E-state index contributed by atoms with van der Waals surface area (Å²) in [6.45, 7) is 3.80. The van der Waals surface area contributed by atoms with Gasteiger partial charge in [0.1, 0.15) is 0 Å². The van der Waals surface area contributed by atoms with Gasteiger partial charge < -0.3 is 10.0 Å². The number of thioether (sulfide) groups is 1. The van der Waals surface area contributed by atoms with Crippen LogP contribution in [0.25, 0.3) is 0 Å². The Hall–Kier alpha value is -1.42. The number of rotatable bonds is 3. The standard InChI is InChI=1S/C14H17NO2S/c1-10-6-8-15(9-7-10)11-4-3-5-12(18-2)13(11)14(16)17/h3-6H,7-9H2,1-2H3,(H,16,17). The van der Waals surface area contributed by atoms with Gasteiger partial charge in [-0.2, -0.15) is 0 Å². The van der Waals surface area contributed by atoms with Crippen molar-refractivity contribution < 1.29 is 9.90 Å². The fourth-order valence-corrected chi connectivity index (χ4v) is 2.77. The highest BCUT2D eigenvalue weighted by atomic mass is 32.2. The second kappa shape index (κ2) is 5.48. The molecule has 18 heavy (non-hydrogen) atoms. The quantitative estimate of drug-likeness (QED) is 0.671. The Morgan fingerprint density at radius 2 is 2.22 bits per heavy atom. The molecule has 1 aliphatic heterocycles. The smallest absolute Gasteiger partial charge is 0.338 e. The van der Waals surface area contributed by atoms with Gasteiger partial charge in [-0.15, -0.1) is 11.8 Å². The van der Waals surface area contributed by atoms with Gasteiger partial charge in [0, 0.05) is 18.0 Å². The summed E-state index contributed by atoms with van der Waals surface area (Å²) in [7, 11) is 0. The van der Waals surface area contributed by atoms with E-state index in [2.05, 4.69) is 17.9 Å². The number of aromatic carboxylic acids is 1. The van der Waals surface area contributed by atoms with Crippen LogP contribution in [0.15, 0.2) is 34.7 Å². The van der Waals surface area contributed by atoms with Crippen LogP contribution in [0.2, 0.25) is 0 Å². The lowest BCUT2D eigenvalue weighted by atomic mass is 10.1. The van der Waals surface area contributed by atoms with E-state index < -0.39 is 5.97 Å². The van der Waals surface area contributed by atoms with Gasteiger partial charge in [-0.05, 0) is 31.7 Å². The first-order valence-corrected chi connectivity index (χ1v) is 7.17. The first-order chi connectivity index (χ1) is 8.63. The number of anilines is 1. The van der Waals surface area contributed by atoms with Crippen LogP contribution in [-0.4, -0.2) is 30.4 Å². The first kappa shape index (κ1) is 13.0. The molecule has 0 unspecified atom stereocenters. The van der Waals surface area contributed by atoms with Gasteiger partial charge in [-0.1, -0.05) is 17.7 Å². The van der Waals surface area contributed by atoms with E-state index in [4.69, 9.17) is 0 Å². The molecule has 3 nitrogen and oxygen atoms in total. The summed E-state index contributed by atoms with van der Waals surface area (Å²) in [5.41, 5.74) is 2.64. The van der Waals surface area contributed by atoms with E-state index in [9.17, 15) is 9.90 Å². The third-order valence-electron chi connectivity index (χ3n) is 3.21. The molecule has 0 aliphatic carbocycles. The summed E-state index contributed by atoms with van der Waals surface area (Å²) in [4.78, 5) is 14.4. The summed E-state index contributed by atoms with van der Waals surface area (Å²) < 4.78 is 0. The molecule has 1 heterocycles. The molecule has 0 spiro atoms. The number of carboxylic acid groups (broad SMARTS) is 1. The van der Waals surface area contributed by atoms with Gasteiger partial charge in [0.25, 0.3) is 0 Å². The lowest BCUT2D eigenvalue weighted by molar-refractivity contribution is 0.0694. The minimum Gasteiger partial charge on any atom is -0.478 e. The maximum atomic E-state index is 11.5. The Labute approximate surface area is 111 Å². The first-order valence-electron chi connectivity index (χ1n) is 5.94. The van der Waals surface area contributed by atoms with Crippen LogP contribution >= 0.6 is 11.8 Å². The highest BCUT2D eigenvalue weighted by Crippen LogP contribution is 2.31. The molecule has 96 valence electrons. The van der Waals surface area contributed by atoms with Crippen molar-refractivity contribution in [2.45, 2.75) is 18.2 Å². The molecular formula is C14H17NO2S. The van der Waals surface area contributed by atoms with Crippen molar-refractivity contribution in [1.29, 1.82) is 0 Å². The van der Waals surface area contributed by atoms with Crippen molar-refractivity contribution in [3.63, 3.8) is 0 Å². The SMILES string of the molecule is CSc1cccc(N2CC=C(C)CC2)c1C(=O)O. The normalized spacial score (nSPS) is 15.4. The van der Waals surface area contributed by atoms with Crippen molar-refractivity contribution in [2.24, 2.45) is 0 Å². The molecule has 1 N–H and O–H groups in total. The average Bonchev–Trinajstić information content (AvgIpc) is 2.38. The molecular weight excluding hydrogens is 246 g/mol. The van der Waals surface area contributed by atoms with E-state index in [1.54, 1.807) is 0 Å². The molecule has 0 fully saturated rings. The van der Waals surface area contributed by atoms with Gasteiger partial charge in [-0.25, -0.2) is 4.79 Å². The Balaban J connectivity index is 2.41. The summed E-state index contributed by atoms with van der Waals surface area (Å²) >= 11 is 1.48. The van der Waals surface area contributed by atoms with Crippen LogP contribution in [0.5, 0.6) is 0 Å². The minimum atomic E-state index is -0.846. The summed E-state index contributed by atoms with van der Waals surface area (Å²) in [6, 6.07) is 5.69. The highest BCUT2D eigenvalue weighted by molar-refractivity contribution is 7.98. The van der Waals surface area contributed by atoms with E-state index in [0.29, 0.717) is 5.56 Å². The zero-order valence-electron chi connectivity index (χ0n) is 10.6. The number of carbonyl (C=O) groups is 1. The molecule has 4 heteroatoms. The lowest BCUT2D eigenvalue weighted by Gasteiger charge is -2.29. The van der Waals surface area contributed by atoms with Gasteiger partial charge in [-0.3, -0.25) is 0 Å². The molecule has 1 aliphatic rings. The molecule has 0 bridgehead atoms. The monoisotopic (exact) mass is 263 g/mol. The van der Waals surface area contributed by atoms with Crippen molar-refractivity contribution in [3.05, 3.63) is 35.4 Å². The molecule has 0 aromatic heterocycles. The van der Waals surface area contributed by atoms with Gasteiger partial charge in [0.15, 0.2) is 0 Å². The molecule has 0 saturated heterocycles. The third kappa shape index (κ3) is 2.53. The van der Waals surface area contributed by atoms with E-state index in [1.165, 1.54) is 17.3 Å². The van der Waals surface area contributed by atoms with Crippen LogP contribution in [0.1, 0.15) is 23.7 Å². The maximum absolute atomic E-state index is 11.5. The predicted molar refractivity (Wildman–Crippen MR) is 75.8 cm³/mol. The molecule has 1 aromatic carbocycles. The number of carboxylic acids is 1. The van der Waals surface area contributed by atoms with Crippen LogP contribution in [0, 0.1) is 0 Å². The predicted octanol–water partition coefficient (Wildman–Crippen LogP) is 3.26. The molecule has 1 aromatic rings. The van der Waals surface area contributed by atoms with Crippen molar-refractivity contribution in [3.8, 4) is 0 Å².